The Balaban J connectivity index is 1.85. The van der Waals surface area contributed by atoms with Crippen molar-refractivity contribution in [3.05, 3.63) is 0 Å². The zero-order chi connectivity index (χ0) is 17.0. The van der Waals surface area contributed by atoms with E-state index in [1.807, 2.05) is 20.8 Å². The van der Waals surface area contributed by atoms with Crippen LogP contribution in [0.1, 0.15) is 73.1 Å². The molecule has 0 aliphatic heterocycles. The molecule has 2 aliphatic carbocycles. The lowest BCUT2D eigenvalue weighted by Gasteiger charge is -2.37. The molecule has 1 amide bonds. The molecule has 3 atom stereocenters. The van der Waals surface area contributed by atoms with E-state index >= 15 is 0 Å². The standard InChI is InChI=1S/C19H36N2O2/c1-13(2)15-8-6-7-9-16(15)21-17(14-10-11-14)12-20-18(22)23-19(3,4)5/h13-17,21H,6-12H2,1-5H3,(H,20,22). The summed E-state index contributed by atoms with van der Waals surface area (Å²) in [5.41, 5.74) is -0.432. The molecule has 4 nitrogen and oxygen atoms in total. The van der Waals surface area contributed by atoms with Crippen molar-refractivity contribution in [1.29, 1.82) is 0 Å². The highest BCUT2D eigenvalue weighted by Crippen LogP contribution is 2.35. The fourth-order valence-electron chi connectivity index (χ4n) is 3.81. The second-order valence-corrected chi connectivity index (χ2v) is 8.79. The molecule has 2 fully saturated rings. The molecule has 2 aliphatic rings. The topological polar surface area (TPSA) is 50.4 Å². The van der Waals surface area contributed by atoms with Gasteiger partial charge in [-0.15, -0.1) is 0 Å². The summed E-state index contributed by atoms with van der Waals surface area (Å²) in [6, 6.07) is 1.00. The summed E-state index contributed by atoms with van der Waals surface area (Å²) in [6.45, 7) is 11.1. The van der Waals surface area contributed by atoms with Crippen LogP contribution in [0, 0.1) is 17.8 Å². The monoisotopic (exact) mass is 324 g/mol. The number of hydrogen-bond acceptors (Lipinski definition) is 3. The van der Waals surface area contributed by atoms with E-state index < -0.39 is 5.60 Å². The second-order valence-electron chi connectivity index (χ2n) is 8.79. The molecule has 2 saturated carbocycles. The van der Waals surface area contributed by atoms with Gasteiger partial charge in [-0.1, -0.05) is 26.7 Å². The Morgan fingerprint density at radius 2 is 1.78 bits per heavy atom. The quantitative estimate of drug-likeness (QED) is 0.773. The fraction of sp³-hybridized carbons (Fsp3) is 0.947. The Morgan fingerprint density at radius 1 is 1.13 bits per heavy atom. The average molecular weight is 325 g/mol. The van der Waals surface area contributed by atoms with E-state index in [-0.39, 0.29) is 6.09 Å². The van der Waals surface area contributed by atoms with Crippen molar-refractivity contribution >= 4 is 6.09 Å². The predicted molar refractivity (Wildman–Crippen MR) is 94.5 cm³/mol. The first-order valence-electron chi connectivity index (χ1n) is 9.49. The van der Waals surface area contributed by atoms with Gasteiger partial charge in [0.1, 0.15) is 5.60 Å². The van der Waals surface area contributed by atoms with Crippen LogP contribution in [0.3, 0.4) is 0 Å². The zero-order valence-corrected chi connectivity index (χ0v) is 15.7. The maximum atomic E-state index is 11.9. The van der Waals surface area contributed by atoms with Gasteiger partial charge in [0.25, 0.3) is 0 Å². The number of alkyl carbamates (subject to hydrolysis) is 1. The molecule has 0 aromatic heterocycles. The van der Waals surface area contributed by atoms with Crippen LogP contribution in [0.2, 0.25) is 0 Å². The smallest absolute Gasteiger partial charge is 0.407 e. The van der Waals surface area contributed by atoms with Crippen molar-refractivity contribution in [2.45, 2.75) is 90.8 Å². The Morgan fingerprint density at radius 3 is 2.35 bits per heavy atom. The first kappa shape index (κ1) is 18.6. The van der Waals surface area contributed by atoms with Crippen LogP contribution >= 0.6 is 0 Å². The Hall–Kier alpha value is -0.770. The van der Waals surface area contributed by atoms with Gasteiger partial charge in [0.05, 0.1) is 0 Å². The third-order valence-corrected chi connectivity index (χ3v) is 5.16. The molecule has 0 saturated heterocycles. The van der Waals surface area contributed by atoms with Gasteiger partial charge in [0, 0.05) is 18.6 Å². The van der Waals surface area contributed by atoms with Crippen molar-refractivity contribution in [3.63, 3.8) is 0 Å². The van der Waals surface area contributed by atoms with Gasteiger partial charge in [0.2, 0.25) is 0 Å². The Bertz CT molecular complexity index is 385. The van der Waals surface area contributed by atoms with Gasteiger partial charge in [-0.3, -0.25) is 0 Å². The minimum absolute atomic E-state index is 0.297. The largest absolute Gasteiger partial charge is 0.444 e. The molecule has 0 aromatic rings. The van der Waals surface area contributed by atoms with E-state index in [1.54, 1.807) is 0 Å². The molecule has 2 N–H and O–H groups in total. The van der Waals surface area contributed by atoms with Crippen LogP contribution in [0.5, 0.6) is 0 Å². The third kappa shape index (κ3) is 6.33. The Labute approximate surface area is 142 Å². The molecule has 0 aromatic carbocycles. The fourth-order valence-corrected chi connectivity index (χ4v) is 3.81. The lowest BCUT2D eigenvalue weighted by molar-refractivity contribution is 0.0517. The minimum Gasteiger partial charge on any atom is -0.444 e. The van der Waals surface area contributed by atoms with Crippen molar-refractivity contribution in [1.82, 2.24) is 10.6 Å². The first-order valence-corrected chi connectivity index (χ1v) is 9.49. The number of carbonyl (C=O) groups excluding carboxylic acids is 1. The summed E-state index contributed by atoms with van der Waals surface area (Å²) in [5, 5.41) is 6.87. The third-order valence-electron chi connectivity index (χ3n) is 5.16. The molecule has 23 heavy (non-hydrogen) atoms. The Kier molecular flexibility index (Phi) is 6.35. The number of amides is 1. The highest BCUT2D eigenvalue weighted by Gasteiger charge is 2.36. The minimum atomic E-state index is -0.432. The maximum absolute atomic E-state index is 11.9. The van der Waals surface area contributed by atoms with Crippen molar-refractivity contribution in [2.24, 2.45) is 17.8 Å². The predicted octanol–water partition coefficient (Wildman–Crippen LogP) is 4.09. The summed E-state index contributed by atoms with van der Waals surface area (Å²) in [5.74, 6) is 2.22. The van der Waals surface area contributed by atoms with Gasteiger partial charge in [-0.25, -0.2) is 4.79 Å². The van der Waals surface area contributed by atoms with Gasteiger partial charge in [-0.2, -0.15) is 0 Å². The average Bonchev–Trinajstić information content (AvgIpc) is 3.26. The normalized spacial score (nSPS) is 26.9. The first-order chi connectivity index (χ1) is 10.8. The lowest BCUT2D eigenvalue weighted by Crippen LogP contribution is -2.51. The number of ether oxygens (including phenoxy) is 1. The summed E-state index contributed by atoms with van der Waals surface area (Å²) in [7, 11) is 0. The number of rotatable bonds is 6. The van der Waals surface area contributed by atoms with Crippen LogP contribution in [0.25, 0.3) is 0 Å². The molecule has 0 radical (unpaired) electrons. The molecule has 4 heteroatoms. The zero-order valence-electron chi connectivity index (χ0n) is 15.7. The summed E-state index contributed by atoms with van der Waals surface area (Å²) >= 11 is 0. The van der Waals surface area contributed by atoms with Crippen LogP contribution in [0.4, 0.5) is 4.79 Å². The maximum Gasteiger partial charge on any atom is 0.407 e. The SMILES string of the molecule is CC(C)C1CCCCC1NC(CNC(=O)OC(C)(C)C)C1CC1. The van der Waals surface area contributed by atoms with Crippen molar-refractivity contribution < 1.29 is 9.53 Å². The van der Waals surface area contributed by atoms with Crippen LogP contribution < -0.4 is 10.6 Å². The van der Waals surface area contributed by atoms with Crippen LogP contribution in [0.15, 0.2) is 0 Å². The molecule has 2 rings (SSSR count). The van der Waals surface area contributed by atoms with E-state index in [0.717, 1.165) is 17.8 Å². The van der Waals surface area contributed by atoms with Crippen LogP contribution in [-0.4, -0.2) is 30.3 Å². The van der Waals surface area contributed by atoms with Gasteiger partial charge >= 0.3 is 6.09 Å². The molecule has 0 spiro atoms. The summed E-state index contributed by atoms with van der Waals surface area (Å²) in [6.07, 6.45) is 7.58. The van der Waals surface area contributed by atoms with Crippen molar-refractivity contribution in [3.8, 4) is 0 Å². The second kappa shape index (κ2) is 7.87. The summed E-state index contributed by atoms with van der Waals surface area (Å²) < 4.78 is 5.36. The molecule has 3 unspecified atom stereocenters. The van der Waals surface area contributed by atoms with Gasteiger partial charge in [-0.05, 0) is 64.2 Å². The van der Waals surface area contributed by atoms with Crippen LogP contribution in [-0.2, 0) is 4.74 Å². The number of nitrogens with one attached hydrogen (secondary N) is 2. The molecule has 134 valence electrons. The van der Waals surface area contributed by atoms with E-state index in [4.69, 9.17) is 4.74 Å². The number of carbonyl (C=O) groups is 1. The highest BCUT2D eigenvalue weighted by atomic mass is 16.6. The van der Waals surface area contributed by atoms with E-state index in [1.165, 1.54) is 38.5 Å². The van der Waals surface area contributed by atoms with E-state index in [9.17, 15) is 4.79 Å². The molecule has 0 bridgehead atoms. The molecule has 0 heterocycles. The van der Waals surface area contributed by atoms with Crippen molar-refractivity contribution in [2.75, 3.05) is 6.54 Å². The number of hydrogen-bond donors (Lipinski definition) is 2. The van der Waals surface area contributed by atoms with Gasteiger partial charge < -0.3 is 15.4 Å². The summed E-state index contributed by atoms with van der Waals surface area (Å²) in [4.78, 5) is 11.9. The molecular weight excluding hydrogens is 288 g/mol. The highest BCUT2D eigenvalue weighted by molar-refractivity contribution is 5.67. The van der Waals surface area contributed by atoms with Gasteiger partial charge in [0.15, 0.2) is 0 Å². The van der Waals surface area contributed by atoms with E-state index in [0.29, 0.717) is 18.6 Å². The lowest BCUT2D eigenvalue weighted by atomic mass is 9.77. The van der Waals surface area contributed by atoms with E-state index in [2.05, 4.69) is 24.5 Å². The molecular formula is C19H36N2O2.